The zero-order chi connectivity index (χ0) is 19.9. The lowest BCUT2D eigenvalue weighted by Gasteiger charge is -2.31. The molecule has 0 bridgehead atoms. The van der Waals surface area contributed by atoms with Gasteiger partial charge in [0.15, 0.2) is 5.96 Å². The molecule has 0 unspecified atom stereocenters. The number of carbonyl (C=O) groups is 1. The smallest absolute Gasteiger partial charge is 0.230 e. The zero-order valence-corrected chi connectivity index (χ0v) is 20.1. The van der Waals surface area contributed by atoms with E-state index in [9.17, 15) is 4.79 Å². The average Bonchev–Trinajstić information content (AvgIpc) is 3.11. The second kappa shape index (κ2) is 11.5. The Labute approximate surface area is 186 Å². The van der Waals surface area contributed by atoms with E-state index in [1.807, 2.05) is 46.1 Å². The summed E-state index contributed by atoms with van der Waals surface area (Å²) in [6.45, 7) is 5.29. The summed E-state index contributed by atoms with van der Waals surface area (Å²) in [6, 6.07) is 8.05. The molecule has 1 aromatic rings. The first-order valence-corrected chi connectivity index (χ1v) is 9.78. The van der Waals surface area contributed by atoms with Crippen LogP contribution >= 0.6 is 24.0 Å². The molecule has 1 aliphatic rings. The van der Waals surface area contributed by atoms with Gasteiger partial charge in [-0.15, -0.1) is 24.0 Å². The molecule has 1 aliphatic carbocycles. The van der Waals surface area contributed by atoms with Gasteiger partial charge in [-0.1, -0.05) is 25.0 Å². The Kier molecular flexibility index (Phi) is 10.1. The second-order valence-corrected chi connectivity index (χ2v) is 7.78. The lowest BCUT2D eigenvalue weighted by molar-refractivity contribution is -0.138. The monoisotopic (exact) mass is 502 g/mol. The van der Waals surface area contributed by atoms with Crippen LogP contribution in [0.1, 0.15) is 45.1 Å². The highest BCUT2D eigenvalue weighted by Gasteiger charge is 2.42. The molecule has 28 heavy (non-hydrogen) atoms. The van der Waals surface area contributed by atoms with Gasteiger partial charge in [-0.25, -0.2) is 0 Å². The third-order valence-electron chi connectivity index (χ3n) is 4.97. The molecule has 0 saturated heterocycles. The van der Waals surface area contributed by atoms with Gasteiger partial charge >= 0.3 is 0 Å². The first kappa shape index (κ1) is 24.5. The van der Waals surface area contributed by atoms with E-state index in [1.165, 1.54) is 0 Å². The molecule has 2 N–H and O–H groups in total. The van der Waals surface area contributed by atoms with Crippen LogP contribution in [0.4, 0.5) is 0 Å². The van der Waals surface area contributed by atoms with Crippen LogP contribution in [0, 0.1) is 5.41 Å². The van der Waals surface area contributed by atoms with Gasteiger partial charge < -0.3 is 20.3 Å². The van der Waals surface area contributed by atoms with Gasteiger partial charge in [-0.2, -0.15) is 0 Å². The molecule has 0 heterocycles. The van der Waals surface area contributed by atoms with E-state index in [-0.39, 0.29) is 41.4 Å². The molecule has 1 saturated carbocycles. The van der Waals surface area contributed by atoms with Crippen molar-refractivity contribution in [2.24, 2.45) is 10.4 Å². The topological polar surface area (TPSA) is 66.0 Å². The minimum atomic E-state index is -0.313. The Morgan fingerprint density at radius 3 is 2.50 bits per heavy atom. The van der Waals surface area contributed by atoms with Gasteiger partial charge in [0, 0.05) is 34.2 Å². The summed E-state index contributed by atoms with van der Waals surface area (Å²) < 4.78 is 5.75. The fraction of sp³-hybridized carbons (Fsp3) is 0.619. The lowest BCUT2D eigenvalue weighted by atomic mass is 9.84. The number of nitrogens with zero attached hydrogens (tertiary/aromatic N) is 2. The third kappa shape index (κ3) is 6.83. The Bertz CT molecular complexity index is 656. The number of hydrogen-bond donors (Lipinski definition) is 2. The third-order valence-corrected chi connectivity index (χ3v) is 4.97. The molecule has 1 aromatic carbocycles. The summed E-state index contributed by atoms with van der Waals surface area (Å²) in [5, 5.41) is 6.70. The maximum absolute atomic E-state index is 12.7. The van der Waals surface area contributed by atoms with Gasteiger partial charge in [0.1, 0.15) is 5.75 Å². The zero-order valence-electron chi connectivity index (χ0n) is 17.7. The normalized spacial score (nSPS) is 15.7. The van der Waals surface area contributed by atoms with E-state index < -0.39 is 0 Å². The van der Waals surface area contributed by atoms with Crippen molar-refractivity contribution in [1.82, 2.24) is 15.5 Å². The molecule has 158 valence electrons. The fourth-order valence-corrected chi connectivity index (χ4v) is 3.65. The van der Waals surface area contributed by atoms with E-state index in [0.717, 1.165) is 37.0 Å². The Morgan fingerprint density at radius 2 is 1.93 bits per heavy atom. The van der Waals surface area contributed by atoms with E-state index in [2.05, 4.69) is 21.7 Å². The molecule has 0 aromatic heterocycles. The van der Waals surface area contributed by atoms with Crippen molar-refractivity contribution in [3.05, 3.63) is 29.8 Å². The van der Waals surface area contributed by atoms with Crippen molar-refractivity contribution >= 4 is 35.8 Å². The van der Waals surface area contributed by atoms with Gasteiger partial charge in [-0.05, 0) is 44.4 Å². The van der Waals surface area contributed by atoms with Crippen LogP contribution in [-0.4, -0.2) is 50.6 Å². The van der Waals surface area contributed by atoms with Gasteiger partial charge in [0.05, 0.1) is 11.5 Å². The highest BCUT2D eigenvalue weighted by molar-refractivity contribution is 14.0. The number of hydrogen-bond acceptors (Lipinski definition) is 3. The number of carbonyl (C=O) groups excluding carboxylic acids is 1. The number of rotatable bonds is 7. The second-order valence-electron chi connectivity index (χ2n) is 7.78. The first-order chi connectivity index (χ1) is 12.9. The molecule has 2 rings (SSSR count). The van der Waals surface area contributed by atoms with Crippen LogP contribution < -0.4 is 15.4 Å². The van der Waals surface area contributed by atoms with Crippen LogP contribution in [0.5, 0.6) is 5.75 Å². The lowest BCUT2D eigenvalue weighted by Crippen LogP contribution is -2.49. The van der Waals surface area contributed by atoms with E-state index in [4.69, 9.17) is 4.74 Å². The van der Waals surface area contributed by atoms with Crippen molar-refractivity contribution < 1.29 is 9.53 Å². The first-order valence-electron chi connectivity index (χ1n) is 9.78. The van der Waals surface area contributed by atoms with Crippen LogP contribution in [0.15, 0.2) is 29.3 Å². The summed E-state index contributed by atoms with van der Waals surface area (Å²) >= 11 is 0. The van der Waals surface area contributed by atoms with Crippen molar-refractivity contribution in [2.75, 3.05) is 27.7 Å². The molecule has 0 atom stereocenters. The van der Waals surface area contributed by atoms with E-state index in [1.54, 1.807) is 11.9 Å². The van der Waals surface area contributed by atoms with Crippen LogP contribution in [0.3, 0.4) is 0 Å². The van der Waals surface area contributed by atoms with E-state index >= 15 is 0 Å². The average molecular weight is 502 g/mol. The maximum atomic E-state index is 12.7. The van der Waals surface area contributed by atoms with Crippen LogP contribution in [0.25, 0.3) is 0 Å². The van der Waals surface area contributed by atoms with Gasteiger partial charge in [0.2, 0.25) is 5.91 Å². The molecular formula is C21H35IN4O2. The van der Waals surface area contributed by atoms with Crippen molar-refractivity contribution in [3.63, 3.8) is 0 Å². The predicted octanol–water partition coefficient (Wildman–Crippen LogP) is 3.41. The Hall–Kier alpha value is -1.51. The van der Waals surface area contributed by atoms with Crippen LogP contribution in [0.2, 0.25) is 0 Å². The van der Waals surface area contributed by atoms with Crippen molar-refractivity contribution in [3.8, 4) is 5.75 Å². The van der Waals surface area contributed by atoms with Crippen molar-refractivity contribution in [1.29, 1.82) is 0 Å². The number of benzene rings is 1. The summed E-state index contributed by atoms with van der Waals surface area (Å²) in [5.41, 5.74) is 0.808. The number of nitrogens with one attached hydrogen (secondary N) is 2. The van der Waals surface area contributed by atoms with Crippen molar-refractivity contribution in [2.45, 2.75) is 52.2 Å². The summed E-state index contributed by atoms with van der Waals surface area (Å²) in [7, 11) is 5.42. The SMILES string of the molecule is CN=C(NCc1cccc(OC(C)C)c1)NCC1(C(=O)N(C)C)CCCC1.I. The van der Waals surface area contributed by atoms with E-state index in [0.29, 0.717) is 19.0 Å². The molecule has 0 radical (unpaired) electrons. The Balaban J connectivity index is 0.00000392. The highest BCUT2D eigenvalue weighted by atomic mass is 127. The van der Waals surface area contributed by atoms with Crippen LogP contribution in [-0.2, 0) is 11.3 Å². The largest absolute Gasteiger partial charge is 0.491 e. The molecule has 6 nitrogen and oxygen atoms in total. The highest BCUT2D eigenvalue weighted by Crippen LogP contribution is 2.38. The Morgan fingerprint density at radius 1 is 1.25 bits per heavy atom. The number of ether oxygens (including phenoxy) is 1. The summed E-state index contributed by atoms with van der Waals surface area (Å²) in [5.74, 6) is 1.79. The summed E-state index contributed by atoms with van der Waals surface area (Å²) in [6.07, 6.45) is 4.23. The number of halogens is 1. The fourth-order valence-electron chi connectivity index (χ4n) is 3.65. The molecule has 7 heteroatoms. The predicted molar refractivity (Wildman–Crippen MR) is 125 cm³/mol. The quantitative estimate of drug-likeness (QED) is 0.341. The standard InChI is InChI=1S/C21H34N4O2.HI/c1-16(2)27-18-10-8-9-17(13-18)14-23-20(22-3)24-15-21(11-6-7-12-21)19(26)25(4)5;/h8-10,13,16H,6-7,11-12,14-15H2,1-5H3,(H2,22,23,24);1H. The number of amides is 1. The van der Waals surface area contributed by atoms with Gasteiger partial charge in [-0.3, -0.25) is 9.79 Å². The molecule has 0 aliphatic heterocycles. The summed E-state index contributed by atoms with van der Waals surface area (Å²) in [4.78, 5) is 18.7. The molecule has 1 amide bonds. The molecule has 0 spiro atoms. The molecule has 1 fully saturated rings. The molecular weight excluding hydrogens is 467 g/mol. The van der Waals surface area contributed by atoms with Gasteiger partial charge in [0.25, 0.3) is 0 Å². The number of guanidine groups is 1. The minimum Gasteiger partial charge on any atom is -0.491 e. The number of aliphatic imine (C=N–C) groups is 1. The maximum Gasteiger partial charge on any atom is 0.230 e. The minimum absolute atomic E-state index is 0.